The Labute approximate surface area is 174 Å². The lowest BCUT2D eigenvalue weighted by molar-refractivity contribution is -0.119. The number of anilines is 1. The number of hydrogen-bond donors (Lipinski definition) is 1. The van der Waals surface area contributed by atoms with Gasteiger partial charge in [0.2, 0.25) is 5.91 Å². The Morgan fingerprint density at radius 3 is 2.90 bits per heavy atom. The number of hydrogen-bond acceptors (Lipinski definition) is 6. The summed E-state index contributed by atoms with van der Waals surface area (Å²) in [6.45, 7) is 1.84. The number of halogens is 1. The highest BCUT2D eigenvalue weighted by Gasteiger charge is 2.22. The first kappa shape index (κ1) is 19.4. The summed E-state index contributed by atoms with van der Waals surface area (Å²) in [4.78, 5) is 35.5. The van der Waals surface area contributed by atoms with Crippen molar-refractivity contribution in [3.05, 3.63) is 58.2 Å². The number of ether oxygens (including phenoxy) is 1. The maximum Gasteiger partial charge on any atom is 0.272 e. The van der Waals surface area contributed by atoms with Crippen LogP contribution >= 0.6 is 22.9 Å². The minimum Gasteiger partial charge on any atom is -0.495 e. The number of thiophene rings is 1. The van der Waals surface area contributed by atoms with Crippen molar-refractivity contribution in [2.24, 2.45) is 0 Å². The molecule has 0 radical (unpaired) electrons. The number of carbonyl (C=O) groups excluding carboxylic acids is 1. The second-order valence-corrected chi connectivity index (χ2v) is 7.76. The molecule has 4 aromatic rings. The van der Waals surface area contributed by atoms with E-state index in [0.29, 0.717) is 33.1 Å². The summed E-state index contributed by atoms with van der Waals surface area (Å²) in [6.07, 6.45) is 3.53. The van der Waals surface area contributed by atoms with Gasteiger partial charge in [0.1, 0.15) is 21.3 Å². The van der Waals surface area contributed by atoms with Crippen molar-refractivity contribution < 1.29 is 9.53 Å². The predicted molar refractivity (Wildman–Crippen MR) is 115 cm³/mol. The van der Waals surface area contributed by atoms with E-state index in [1.807, 2.05) is 19.1 Å². The number of aromatic nitrogens is 3. The number of carbonyl (C=O) groups is 1. The van der Waals surface area contributed by atoms with E-state index in [4.69, 9.17) is 16.3 Å². The third-order valence-corrected chi connectivity index (χ3v) is 6.01. The quantitative estimate of drug-likeness (QED) is 0.513. The van der Waals surface area contributed by atoms with Gasteiger partial charge in [0.05, 0.1) is 24.0 Å². The summed E-state index contributed by atoms with van der Waals surface area (Å²) in [6, 6.07) is 7.95. The van der Waals surface area contributed by atoms with Gasteiger partial charge in [-0.1, -0.05) is 18.5 Å². The standard InChI is InChI=1S/C20H17ClN4O3S/c1-3-14(18(26)24-11-6-7-15(28-2)13(21)9-11)25-10-23-16-12-5-4-8-22-19(12)29-17(16)20(25)27/h4-10,14H,3H2,1-2H3,(H,24,26)/t14-/m0/s1. The molecule has 3 aromatic heterocycles. The maximum absolute atomic E-state index is 13.1. The second kappa shape index (κ2) is 7.81. The molecule has 0 fully saturated rings. The zero-order chi connectivity index (χ0) is 20.5. The Balaban J connectivity index is 1.70. The number of amides is 1. The van der Waals surface area contributed by atoms with Gasteiger partial charge < -0.3 is 10.1 Å². The van der Waals surface area contributed by atoms with Gasteiger partial charge in [-0.25, -0.2) is 9.97 Å². The van der Waals surface area contributed by atoms with Crippen LogP contribution < -0.4 is 15.6 Å². The van der Waals surface area contributed by atoms with Gasteiger partial charge in [-0.05, 0) is 36.8 Å². The van der Waals surface area contributed by atoms with Crippen LogP contribution in [0.2, 0.25) is 5.02 Å². The molecular formula is C20H17ClN4O3S. The van der Waals surface area contributed by atoms with Crippen molar-refractivity contribution in [2.75, 3.05) is 12.4 Å². The molecule has 0 unspecified atom stereocenters. The molecule has 1 N–H and O–H groups in total. The molecule has 1 atom stereocenters. The van der Waals surface area contributed by atoms with Crippen LogP contribution in [0.4, 0.5) is 5.69 Å². The van der Waals surface area contributed by atoms with Crippen molar-refractivity contribution in [2.45, 2.75) is 19.4 Å². The zero-order valence-electron chi connectivity index (χ0n) is 15.7. The Morgan fingerprint density at radius 1 is 1.34 bits per heavy atom. The number of rotatable bonds is 5. The maximum atomic E-state index is 13.1. The van der Waals surface area contributed by atoms with Crippen molar-refractivity contribution in [3.8, 4) is 5.75 Å². The first-order chi connectivity index (χ1) is 14.0. The molecule has 29 heavy (non-hydrogen) atoms. The van der Waals surface area contributed by atoms with Crippen LogP contribution in [-0.4, -0.2) is 27.6 Å². The molecule has 0 aliphatic carbocycles. The number of pyridine rings is 1. The van der Waals surface area contributed by atoms with Crippen molar-refractivity contribution in [3.63, 3.8) is 0 Å². The average Bonchev–Trinajstić information content (AvgIpc) is 3.10. The number of benzene rings is 1. The summed E-state index contributed by atoms with van der Waals surface area (Å²) in [5.41, 5.74) is 0.872. The van der Waals surface area contributed by atoms with Gasteiger partial charge >= 0.3 is 0 Å². The lowest BCUT2D eigenvalue weighted by Gasteiger charge is -2.18. The van der Waals surface area contributed by atoms with Crippen molar-refractivity contribution in [1.82, 2.24) is 14.5 Å². The number of fused-ring (bicyclic) bond motifs is 3. The topological polar surface area (TPSA) is 86.1 Å². The van der Waals surface area contributed by atoms with E-state index in [9.17, 15) is 9.59 Å². The Kier molecular flexibility index (Phi) is 5.21. The summed E-state index contributed by atoms with van der Waals surface area (Å²) in [5.74, 6) is 0.192. The van der Waals surface area contributed by atoms with Gasteiger partial charge in [0.25, 0.3) is 5.56 Å². The summed E-state index contributed by atoms with van der Waals surface area (Å²) in [7, 11) is 1.52. The number of nitrogens with zero attached hydrogens (tertiary/aromatic N) is 3. The Morgan fingerprint density at radius 2 is 2.17 bits per heavy atom. The highest BCUT2D eigenvalue weighted by Crippen LogP contribution is 2.29. The van der Waals surface area contributed by atoms with Crippen LogP contribution in [0.5, 0.6) is 5.75 Å². The number of methoxy groups -OCH3 is 1. The molecule has 0 bridgehead atoms. The smallest absolute Gasteiger partial charge is 0.272 e. The molecule has 7 nitrogen and oxygen atoms in total. The van der Waals surface area contributed by atoms with Crippen LogP contribution in [-0.2, 0) is 4.79 Å². The highest BCUT2D eigenvalue weighted by molar-refractivity contribution is 7.25. The fourth-order valence-corrected chi connectivity index (χ4v) is 4.47. The first-order valence-corrected chi connectivity index (χ1v) is 10.1. The van der Waals surface area contributed by atoms with E-state index in [2.05, 4.69) is 15.3 Å². The molecule has 0 spiro atoms. The van der Waals surface area contributed by atoms with Gasteiger partial charge in [0, 0.05) is 17.3 Å². The van der Waals surface area contributed by atoms with E-state index in [-0.39, 0.29) is 11.5 Å². The normalized spacial score (nSPS) is 12.2. The zero-order valence-corrected chi connectivity index (χ0v) is 17.3. The van der Waals surface area contributed by atoms with E-state index in [1.54, 1.807) is 24.4 Å². The Hall–Kier alpha value is -2.97. The van der Waals surface area contributed by atoms with Crippen LogP contribution in [0, 0.1) is 0 Å². The fraction of sp³-hybridized carbons (Fsp3) is 0.200. The summed E-state index contributed by atoms with van der Waals surface area (Å²) in [5, 5.41) is 4.03. The van der Waals surface area contributed by atoms with Gasteiger partial charge in [0.15, 0.2) is 0 Å². The lowest BCUT2D eigenvalue weighted by atomic mass is 10.2. The minimum atomic E-state index is -0.710. The molecule has 148 valence electrons. The molecule has 9 heteroatoms. The molecule has 0 aliphatic heterocycles. The van der Waals surface area contributed by atoms with E-state index in [1.165, 1.54) is 29.3 Å². The average molecular weight is 429 g/mol. The molecule has 0 saturated heterocycles. The monoisotopic (exact) mass is 428 g/mol. The second-order valence-electron chi connectivity index (χ2n) is 6.36. The predicted octanol–water partition coefficient (Wildman–Crippen LogP) is 4.26. The molecule has 1 amide bonds. The van der Waals surface area contributed by atoms with Crippen LogP contribution in [0.25, 0.3) is 20.4 Å². The number of nitrogens with one attached hydrogen (secondary N) is 1. The van der Waals surface area contributed by atoms with Gasteiger partial charge in [-0.3, -0.25) is 14.2 Å². The summed E-state index contributed by atoms with van der Waals surface area (Å²) < 4.78 is 6.98. The van der Waals surface area contributed by atoms with Crippen molar-refractivity contribution >= 4 is 55.0 Å². The van der Waals surface area contributed by atoms with Gasteiger partial charge in [-0.15, -0.1) is 11.3 Å². The molecule has 0 saturated carbocycles. The Bertz CT molecular complexity index is 1280. The van der Waals surface area contributed by atoms with Crippen LogP contribution in [0.1, 0.15) is 19.4 Å². The lowest BCUT2D eigenvalue weighted by Crippen LogP contribution is -2.33. The summed E-state index contributed by atoms with van der Waals surface area (Å²) >= 11 is 7.41. The molecular weight excluding hydrogens is 412 g/mol. The third kappa shape index (κ3) is 3.45. The van der Waals surface area contributed by atoms with E-state index < -0.39 is 6.04 Å². The fourth-order valence-electron chi connectivity index (χ4n) is 3.18. The molecule has 1 aromatic carbocycles. The van der Waals surface area contributed by atoms with E-state index in [0.717, 1.165) is 10.2 Å². The largest absolute Gasteiger partial charge is 0.495 e. The molecule has 3 heterocycles. The minimum absolute atomic E-state index is 0.257. The third-order valence-electron chi connectivity index (χ3n) is 4.62. The molecule has 0 aliphatic rings. The van der Waals surface area contributed by atoms with E-state index >= 15 is 0 Å². The first-order valence-electron chi connectivity index (χ1n) is 8.92. The van der Waals surface area contributed by atoms with Crippen LogP contribution in [0.3, 0.4) is 0 Å². The SMILES string of the molecule is CC[C@@H](C(=O)Nc1ccc(OC)c(Cl)c1)n1cnc2c(sc3ncccc32)c1=O. The van der Waals surface area contributed by atoms with Crippen LogP contribution in [0.15, 0.2) is 47.7 Å². The molecule has 4 rings (SSSR count). The van der Waals surface area contributed by atoms with Crippen molar-refractivity contribution in [1.29, 1.82) is 0 Å². The van der Waals surface area contributed by atoms with Gasteiger partial charge in [-0.2, -0.15) is 0 Å². The highest BCUT2D eigenvalue weighted by atomic mass is 35.5.